The first kappa shape index (κ1) is 17.0. The number of pyridine rings is 1. The highest BCUT2D eigenvalue weighted by Gasteiger charge is 2.43. The monoisotopic (exact) mass is 359 g/mol. The lowest BCUT2D eigenvalue weighted by Gasteiger charge is -2.31. The summed E-state index contributed by atoms with van der Waals surface area (Å²) in [6, 6.07) is 10.3. The van der Waals surface area contributed by atoms with Gasteiger partial charge in [0.2, 0.25) is 0 Å². The van der Waals surface area contributed by atoms with Crippen LogP contribution in [0.4, 0.5) is 5.82 Å². The molecule has 0 unspecified atom stereocenters. The summed E-state index contributed by atoms with van der Waals surface area (Å²) in [6.07, 6.45) is 2.85. The van der Waals surface area contributed by atoms with Crippen molar-refractivity contribution in [2.24, 2.45) is 5.92 Å². The SMILES string of the molecule is c1ccc(NC[C@@H]2CO[C@@]3(COCCN(Cc4cccs4)C3)C2)nc1. The summed E-state index contributed by atoms with van der Waals surface area (Å²) in [7, 11) is 0. The molecule has 2 aliphatic rings. The van der Waals surface area contributed by atoms with Crippen LogP contribution >= 0.6 is 11.3 Å². The van der Waals surface area contributed by atoms with Gasteiger partial charge in [0.15, 0.2) is 0 Å². The van der Waals surface area contributed by atoms with Crippen LogP contribution in [0.3, 0.4) is 0 Å². The lowest BCUT2D eigenvalue weighted by atomic mass is 9.94. The Bertz CT molecular complexity index is 652. The van der Waals surface area contributed by atoms with Gasteiger partial charge in [-0.05, 0) is 30.0 Å². The highest BCUT2D eigenvalue weighted by molar-refractivity contribution is 7.09. The maximum absolute atomic E-state index is 6.29. The molecule has 2 saturated heterocycles. The third-order valence-corrected chi connectivity index (χ3v) is 5.77. The summed E-state index contributed by atoms with van der Waals surface area (Å²) in [5.41, 5.74) is -0.162. The molecule has 2 aliphatic heterocycles. The molecule has 0 aliphatic carbocycles. The Morgan fingerprint density at radius 2 is 2.32 bits per heavy atom. The third-order valence-electron chi connectivity index (χ3n) is 4.91. The summed E-state index contributed by atoms with van der Waals surface area (Å²) in [6.45, 7) is 6.08. The highest BCUT2D eigenvalue weighted by Crippen LogP contribution is 2.33. The average molecular weight is 359 g/mol. The molecular formula is C19H25N3O2S. The number of hydrogen-bond acceptors (Lipinski definition) is 6. The molecule has 6 heteroatoms. The molecule has 0 radical (unpaired) electrons. The van der Waals surface area contributed by atoms with Crippen molar-refractivity contribution >= 4 is 17.2 Å². The zero-order valence-electron chi connectivity index (χ0n) is 14.4. The predicted octanol–water partition coefficient (Wildman–Crippen LogP) is 2.86. The van der Waals surface area contributed by atoms with Crippen molar-refractivity contribution in [1.82, 2.24) is 9.88 Å². The lowest BCUT2D eigenvalue weighted by molar-refractivity contribution is -0.0561. The van der Waals surface area contributed by atoms with E-state index in [4.69, 9.17) is 9.47 Å². The first-order valence-corrected chi connectivity index (χ1v) is 9.81. The number of nitrogens with zero attached hydrogens (tertiary/aromatic N) is 2. The van der Waals surface area contributed by atoms with E-state index in [9.17, 15) is 0 Å². The topological polar surface area (TPSA) is 46.6 Å². The van der Waals surface area contributed by atoms with E-state index in [-0.39, 0.29) is 5.60 Å². The van der Waals surface area contributed by atoms with Crippen molar-refractivity contribution in [2.75, 3.05) is 44.8 Å². The second-order valence-corrected chi connectivity index (χ2v) is 8.03. The fraction of sp³-hybridized carbons (Fsp3) is 0.526. The largest absolute Gasteiger partial charge is 0.377 e. The average Bonchev–Trinajstić information content (AvgIpc) is 3.23. The Morgan fingerprint density at radius 1 is 1.32 bits per heavy atom. The first-order valence-electron chi connectivity index (χ1n) is 8.93. The second-order valence-electron chi connectivity index (χ2n) is 7.00. The Kier molecular flexibility index (Phi) is 5.31. The fourth-order valence-corrected chi connectivity index (χ4v) is 4.48. The normalized spacial score (nSPS) is 27.4. The molecule has 4 rings (SSSR count). The molecule has 5 nitrogen and oxygen atoms in total. The van der Waals surface area contributed by atoms with Crippen LogP contribution in [0.1, 0.15) is 11.3 Å². The van der Waals surface area contributed by atoms with Crippen LogP contribution < -0.4 is 5.32 Å². The van der Waals surface area contributed by atoms with Gasteiger partial charge in [0.05, 0.1) is 19.8 Å². The van der Waals surface area contributed by atoms with E-state index >= 15 is 0 Å². The fourth-order valence-electron chi connectivity index (χ4n) is 3.74. The van der Waals surface area contributed by atoms with Crippen molar-refractivity contribution < 1.29 is 9.47 Å². The van der Waals surface area contributed by atoms with Gasteiger partial charge in [0.1, 0.15) is 11.4 Å². The number of rotatable bonds is 5. The zero-order chi connectivity index (χ0) is 17.0. The molecule has 1 N–H and O–H groups in total. The minimum atomic E-state index is -0.162. The van der Waals surface area contributed by atoms with E-state index < -0.39 is 0 Å². The molecule has 2 aromatic heterocycles. The molecule has 0 aromatic carbocycles. The van der Waals surface area contributed by atoms with E-state index in [1.807, 2.05) is 35.7 Å². The lowest BCUT2D eigenvalue weighted by Crippen LogP contribution is -2.43. The summed E-state index contributed by atoms with van der Waals surface area (Å²) in [5, 5.41) is 5.57. The molecular weight excluding hydrogens is 334 g/mol. The number of ether oxygens (including phenoxy) is 2. The van der Waals surface area contributed by atoms with Crippen molar-refractivity contribution in [3.8, 4) is 0 Å². The van der Waals surface area contributed by atoms with Crippen LogP contribution in [0, 0.1) is 5.92 Å². The summed E-state index contributed by atoms with van der Waals surface area (Å²) >= 11 is 1.82. The summed E-state index contributed by atoms with van der Waals surface area (Å²) < 4.78 is 12.2. The predicted molar refractivity (Wildman–Crippen MR) is 99.9 cm³/mol. The Hall–Kier alpha value is -1.47. The number of anilines is 1. The smallest absolute Gasteiger partial charge is 0.125 e. The van der Waals surface area contributed by atoms with Crippen LogP contribution in [-0.4, -0.2) is 54.9 Å². The minimum Gasteiger partial charge on any atom is -0.377 e. The molecule has 4 heterocycles. The Morgan fingerprint density at radius 3 is 3.16 bits per heavy atom. The van der Waals surface area contributed by atoms with Gasteiger partial charge in [-0.1, -0.05) is 12.1 Å². The number of aromatic nitrogens is 1. The molecule has 2 aromatic rings. The van der Waals surface area contributed by atoms with Gasteiger partial charge in [-0.3, -0.25) is 4.90 Å². The van der Waals surface area contributed by atoms with Crippen LogP contribution in [0.5, 0.6) is 0 Å². The van der Waals surface area contributed by atoms with Gasteiger partial charge in [0, 0.05) is 43.2 Å². The highest BCUT2D eigenvalue weighted by atomic mass is 32.1. The quantitative estimate of drug-likeness (QED) is 0.889. The third kappa shape index (κ3) is 4.39. The van der Waals surface area contributed by atoms with E-state index in [0.29, 0.717) is 12.5 Å². The van der Waals surface area contributed by atoms with Gasteiger partial charge < -0.3 is 14.8 Å². The minimum absolute atomic E-state index is 0.162. The molecule has 2 fully saturated rings. The van der Waals surface area contributed by atoms with Gasteiger partial charge in [0.25, 0.3) is 0 Å². The summed E-state index contributed by atoms with van der Waals surface area (Å²) in [5.74, 6) is 1.42. The molecule has 1 spiro atoms. The van der Waals surface area contributed by atoms with E-state index in [0.717, 1.165) is 51.6 Å². The molecule has 0 amide bonds. The number of nitrogens with one attached hydrogen (secondary N) is 1. The molecule has 0 bridgehead atoms. The molecule has 2 atom stereocenters. The summed E-state index contributed by atoms with van der Waals surface area (Å²) in [4.78, 5) is 8.21. The van der Waals surface area contributed by atoms with E-state index in [1.165, 1.54) is 4.88 Å². The maximum Gasteiger partial charge on any atom is 0.125 e. The van der Waals surface area contributed by atoms with Crippen molar-refractivity contribution in [2.45, 2.75) is 18.6 Å². The molecule has 25 heavy (non-hydrogen) atoms. The zero-order valence-corrected chi connectivity index (χ0v) is 15.2. The second kappa shape index (κ2) is 7.83. The van der Waals surface area contributed by atoms with Crippen molar-refractivity contribution in [1.29, 1.82) is 0 Å². The molecule has 134 valence electrons. The van der Waals surface area contributed by atoms with Gasteiger partial charge in [-0.25, -0.2) is 4.98 Å². The van der Waals surface area contributed by atoms with E-state index in [2.05, 4.69) is 32.7 Å². The Labute approximate surface area is 153 Å². The Balaban J connectivity index is 1.34. The van der Waals surface area contributed by atoms with Gasteiger partial charge in [-0.15, -0.1) is 11.3 Å². The van der Waals surface area contributed by atoms with Crippen LogP contribution in [0.25, 0.3) is 0 Å². The number of thiophene rings is 1. The van der Waals surface area contributed by atoms with Crippen LogP contribution in [-0.2, 0) is 16.0 Å². The van der Waals surface area contributed by atoms with E-state index in [1.54, 1.807) is 0 Å². The molecule has 0 saturated carbocycles. The van der Waals surface area contributed by atoms with Crippen LogP contribution in [0.2, 0.25) is 0 Å². The maximum atomic E-state index is 6.29. The van der Waals surface area contributed by atoms with Gasteiger partial charge >= 0.3 is 0 Å². The van der Waals surface area contributed by atoms with Crippen LogP contribution in [0.15, 0.2) is 41.9 Å². The van der Waals surface area contributed by atoms with Crippen molar-refractivity contribution in [3.05, 3.63) is 46.8 Å². The van der Waals surface area contributed by atoms with Gasteiger partial charge in [-0.2, -0.15) is 0 Å². The standard InChI is InChI=1S/C19H25N3O2S/c1-2-6-20-18(5-1)21-11-16-10-19(24-13-16)14-22(7-8-23-15-19)12-17-4-3-9-25-17/h1-6,9,16H,7-8,10-15H2,(H,20,21)/t16-,19+/m1/s1. The first-order chi connectivity index (χ1) is 12.3. The van der Waals surface area contributed by atoms with Crippen molar-refractivity contribution in [3.63, 3.8) is 0 Å². The number of hydrogen-bond donors (Lipinski definition) is 1.